The molecule has 1 N–H and O–H groups in total. The van der Waals surface area contributed by atoms with E-state index in [2.05, 4.69) is 34.0 Å². The van der Waals surface area contributed by atoms with E-state index in [1.807, 2.05) is 22.3 Å². The maximum atomic E-state index is 12.0. The predicted octanol–water partition coefficient (Wildman–Crippen LogP) is 3.08. The van der Waals surface area contributed by atoms with Crippen molar-refractivity contribution in [3.8, 4) is 11.3 Å². The van der Waals surface area contributed by atoms with Gasteiger partial charge in [-0.25, -0.2) is 0 Å². The molecule has 0 bridgehead atoms. The zero-order chi connectivity index (χ0) is 14.5. The summed E-state index contributed by atoms with van der Waals surface area (Å²) < 4.78 is 1.88. The van der Waals surface area contributed by atoms with Gasteiger partial charge in [-0.2, -0.15) is 16.4 Å². The summed E-state index contributed by atoms with van der Waals surface area (Å²) in [7, 11) is 0. The van der Waals surface area contributed by atoms with Gasteiger partial charge in [0.2, 0.25) is 5.91 Å². The molecule has 1 amide bonds. The number of allylic oxidation sites excluding steroid dienone is 2. The molecule has 1 aliphatic carbocycles. The summed E-state index contributed by atoms with van der Waals surface area (Å²) in [6.07, 6.45) is 9.07. The number of amides is 1. The van der Waals surface area contributed by atoms with E-state index < -0.39 is 0 Å². The van der Waals surface area contributed by atoms with Crippen LogP contribution in [0.25, 0.3) is 11.3 Å². The molecule has 1 aliphatic rings. The van der Waals surface area contributed by atoms with Gasteiger partial charge in [-0.3, -0.25) is 9.48 Å². The Morgan fingerprint density at radius 2 is 2.38 bits per heavy atom. The van der Waals surface area contributed by atoms with Crippen LogP contribution in [-0.2, 0) is 11.3 Å². The van der Waals surface area contributed by atoms with Crippen molar-refractivity contribution in [1.82, 2.24) is 15.1 Å². The van der Waals surface area contributed by atoms with Gasteiger partial charge in [0, 0.05) is 29.6 Å². The first-order valence-corrected chi connectivity index (χ1v) is 8.26. The van der Waals surface area contributed by atoms with Gasteiger partial charge in [0.05, 0.1) is 12.2 Å². The zero-order valence-electron chi connectivity index (χ0n) is 11.9. The van der Waals surface area contributed by atoms with Gasteiger partial charge in [-0.1, -0.05) is 12.2 Å². The number of hydrogen-bond donors (Lipinski definition) is 1. The van der Waals surface area contributed by atoms with Gasteiger partial charge in [0.1, 0.15) is 0 Å². The third-order valence-corrected chi connectivity index (χ3v) is 4.42. The van der Waals surface area contributed by atoms with Crippen molar-refractivity contribution in [2.75, 3.05) is 6.54 Å². The number of hydrogen-bond acceptors (Lipinski definition) is 3. The molecule has 0 saturated carbocycles. The van der Waals surface area contributed by atoms with Crippen LogP contribution < -0.4 is 5.32 Å². The topological polar surface area (TPSA) is 46.9 Å². The average molecular weight is 301 g/mol. The Morgan fingerprint density at radius 3 is 3.14 bits per heavy atom. The first kappa shape index (κ1) is 14.1. The number of rotatable bonds is 5. The van der Waals surface area contributed by atoms with Crippen molar-refractivity contribution < 1.29 is 4.79 Å². The van der Waals surface area contributed by atoms with Crippen LogP contribution in [0.4, 0.5) is 0 Å². The Balaban J connectivity index is 1.47. The number of aromatic nitrogens is 2. The molecule has 21 heavy (non-hydrogen) atoms. The molecule has 0 saturated heterocycles. The minimum atomic E-state index is 0.147. The van der Waals surface area contributed by atoms with E-state index in [4.69, 9.17) is 0 Å². The smallest absolute Gasteiger partial charge is 0.223 e. The number of nitrogens with zero attached hydrogens (tertiary/aromatic N) is 2. The quantitative estimate of drug-likeness (QED) is 0.863. The molecule has 0 fully saturated rings. The van der Waals surface area contributed by atoms with Crippen LogP contribution in [0.15, 0.2) is 41.2 Å². The normalized spacial score (nSPS) is 17.8. The van der Waals surface area contributed by atoms with Gasteiger partial charge >= 0.3 is 0 Å². The van der Waals surface area contributed by atoms with E-state index in [1.165, 1.54) is 0 Å². The molecule has 4 nitrogen and oxygen atoms in total. The first-order chi connectivity index (χ1) is 10.3. The molecule has 2 heterocycles. The minimum Gasteiger partial charge on any atom is -0.354 e. The van der Waals surface area contributed by atoms with Crippen LogP contribution in [-0.4, -0.2) is 22.2 Å². The Bertz CT molecular complexity index is 615. The molecule has 0 aliphatic heterocycles. The lowest BCUT2D eigenvalue weighted by Gasteiger charge is -2.17. The van der Waals surface area contributed by atoms with Gasteiger partial charge in [-0.15, -0.1) is 0 Å². The van der Waals surface area contributed by atoms with E-state index in [9.17, 15) is 4.79 Å². The van der Waals surface area contributed by atoms with Crippen molar-refractivity contribution in [3.05, 3.63) is 41.2 Å². The second kappa shape index (κ2) is 6.72. The Morgan fingerprint density at radius 1 is 1.43 bits per heavy atom. The van der Waals surface area contributed by atoms with Crippen molar-refractivity contribution >= 4 is 17.2 Å². The van der Waals surface area contributed by atoms with Crippen LogP contribution in [0.5, 0.6) is 0 Å². The molecule has 0 spiro atoms. The molecule has 2 aromatic heterocycles. The zero-order valence-corrected chi connectivity index (χ0v) is 12.7. The second-order valence-electron chi connectivity index (χ2n) is 5.25. The monoisotopic (exact) mass is 301 g/mol. The summed E-state index contributed by atoms with van der Waals surface area (Å²) in [5, 5.41) is 11.7. The summed E-state index contributed by atoms with van der Waals surface area (Å²) in [4.78, 5) is 12.0. The highest BCUT2D eigenvalue weighted by molar-refractivity contribution is 7.08. The molecule has 2 aromatic rings. The van der Waals surface area contributed by atoms with Gasteiger partial charge in [0.15, 0.2) is 0 Å². The van der Waals surface area contributed by atoms with Crippen molar-refractivity contribution in [2.24, 2.45) is 5.92 Å². The number of thiophene rings is 1. The SMILES string of the molecule is O=C(NCCn1ccc(-c2ccsc2)n1)C1CC=CCC1. The number of carbonyl (C=O) groups excluding carboxylic acids is 1. The van der Waals surface area contributed by atoms with Gasteiger partial charge < -0.3 is 5.32 Å². The predicted molar refractivity (Wildman–Crippen MR) is 85.0 cm³/mol. The summed E-state index contributed by atoms with van der Waals surface area (Å²) in [6, 6.07) is 4.07. The average Bonchev–Trinajstić information content (AvgIpc) is 3.19. The summed E-state index contributed by atoms with van der Waals surface area (Å²) in [5.74, 6) is 0.318. The molecular weight excluding hydrogens is 282 g/mol. The molecule has 110 valence electrons. The fourth-order valence-corrected chi connectivity index (χ4v) is 3.17. The summed E-state index contributed by atoms with van der Waals surface area (Å²) in [6.45, 7) is 1.34. The van der Waals surface area contributed by atoms with Crippen molar-refractivity contribution in [1.29, 1.82) is 0 Å². The Hall–Kier alpha value is -1.88. The maximum absolute atomic E-state index is 12.0. The molecule has 3 rings (SSSR count). The van der Waals surface area contributed by atoms with E-state index in [0.717, 1.165) is 30.5 Å². The standard InChI is InChI=1S/C16H19N3OS/c20-16(13-4-2-1-3-5-13)17-8-10-19-9-6-15(18-19)14-7-11-21-12-14/h1-2,6-7,9,11-13H,3-5,8,10H2,(H,17,20). The Kier molecular flexibility index (Phi) is 4.50. The third kappa shape index (κ3) is 3.61. The van der Waals surface area contributed by atoms with Crippen LogP contribution in [0.2, 0.25) is 0 Å². The first-order valence-electron chi connectivity index (χ1n) is 7.31. The highest BCUT2D eigenvalue weighted by atomic mass is 32.1. The summed E-state index contributed by atoms with van der Waals surface area (Å²) >= 11 is 1.67. The van der Waals surface area contributed by atoms with Crippen LogP contribution >= 0.6 is 11.3 Å². The lowest BCUT2D eigenvalue weighted by molar-refractivity contribution is -0.125. The Labute approximate surface area is 128 Å². The lowest BCUT2D eigenvalue weighted by atomic mass is 9.94. The molecule has 5 heteroatoms. The molecular formula is C16H19N3OS. The largest absolute Gasteiger partial charge is 0.354 e. The molecule has 0 aromatic carbocycles. The van der Waals surface area contributed by atoms with Crippen LogP contribution in [0.3, 0.4) is 0 Å². The van der Waals surface area contributed by atoms with E-state index in [0.29, 0.717) is 13.1 Å². The van der Waals surface area contributed by atoms with Crippen LogP contribution in [0.1, 0.15) is 19.3 Å². The highest BCUT2D eigenvalue weighted by Crippen LogP contribution is 2.20. The van der Waals surface area contributed by atoms with Gasteiger partial charge in [0.25, 0.3) is 0 Å². The highest BCUT2D eigenvalue weighted by Gasteiger charge is 2.17. The van der Waals surface area contributed by atoms with Gasteiger partial charge in [-0.05, 0) is 36.8 Å². The van der Waals surface area contributed by atoms with E-state index in [-0.39, 0.29) is 11.8 Å². The van der Waals surface area contributed by atoms with Crippen LogP contribution in [0, 0.1) is 5.92 Å². The van der Waals surface area contributed by atoms with Crippen molar-refractivity contribution in [3.63, 3.8) is 0 Å². The lowest BCUT2D eigenvalue weighted by Crippen LogP contribution is -2.33. The van der Waals surface area contributed by atoms with E-state index >= 15 is 0 Å². The molecule has 1 unspecified atom stereocenters. The van der Waals surface area contributed by atoms with Crippen molar-refractivity contribution in [2.45, 2.75) is 25.8 Å². The van der Waals surface area contributed by atoms with E-state index in [1.54, 1.807) is 11.3 Å². The number of nitrogens with one attached hydrogen (secondary N) is 1. The second-order valence-corrected chi connectivity index (χ2v) is 6.03. The summed E-state index contributed by atoms with van der Waals surface area (Å²) in [5.41, 5.74) is 2.14. The maximum Gasteiger partial charge on any atom is 0.223 e. The fourth-order valence-electron chi connectivity index (χ4n) is 2.52. The fraction of sp³-hybridized carbons (Fsp3) is 0.375. The third-order valence-electron chi connectivity index (χ3n) is 3.74. The molecule has 1 atom stereocenters. The number of carbonyl (C=O) groups is 1. The minimum absolute atomic E-state index is 0.147. The molecule has 0 radical (unpaired) electrons.